The van der Waals surface area contributed by atoms with E-state index < -0.39 is 34.5 Å². The molecule has 0 spiro atoms. The second kappa shape index (κ2) is 10.4. The lowest BCUT2D eigenvalue weighted by atomic mass is 10.2. The van der Waals surface area contributed by atoms with Gasteiger partial charge in [0.2, 0.25) is 0 Å². The van der Waals surface area contributed by atoms with E-state index in [1.165, 1.54) is 42.6 Å². The first kappa shape index (κ1) is 24.7. The number of hydrogen-bond acceptors (Lipinski definition) is 7. The highest BCUT2D eigenvalue weighted by atomic mass is 79.9. The number of ether oxygens (including phenoxy) is 1. The summed E-state index contributed by atoms with van der Waals surface area (Å²) in [4.78, 5) is 40.2. The molecular weight excluding hydrogens is 537 g/mol. The van der Waals surface area contributed by atoms with Gasteiger partial charge in [0.15, 0.2) is 12.4 Å². The summed E-state index contributed by atoms with van der Waals surface area (Å²) in [6.45, 7) is 1.04. The van der Waals surface area contributed by atoms with Gasteiger partial charge in [0.1, 0.15) is 11.6 Å². The van der Waals surface area contributed by atoms with Gasteiger partial charge < -0.3 is 10.1 Å². The maximum absolute atomic E-state index is 13.7. The van der Waals surface area contributed by atoms with E-state index in [-0.39, 0.29) is 11.4 Å². The molecule has 0 saturated heterocycles. The second-order valence-electron chi connectivity index (χ2n) is 7.48. The Bertz CT molecular complexity index is 1590. The molecule has 36 heavy (non-hydrogen) atoms. The number of aromatic nitrogens is 2. The standard InChI is InChI=1S/C24H17BrFN5O5/c1-14-28-19-8-7-16(25)11-17(19)24(33)30(14)27-12-15-6-9-22(21(10-15)31(34)35)36-13-23(32)29-20-5-3-2-4-18(20)26/h2-12H,13H2,1H3,(H,29,32). The van der Waals surface area contributed by atoms with Crippen LogP contribution < -0.4 is 15.6 Å². The molecule has 1 aromatic heterocycles. The summed E-state index contributed by atoms with van der Waals surface area (Å²) in [5, 5.41) is 18.4. The molecule has 0 saturated carbocycles. The molecule has 10 nitrogen and oxygen atoms in total. The van der Waals surface area contributed by atoms with E-state index in [2.05, 4.69) is 31.3 Å². The number of benzene rings is 3. The number of carbonyl (C=O) groups is 1. The molecule has 0 radical (unpaired) electrons. The maximum Gasteiger partial charge on any atom is 0.311 e. The molecule has 12 heteroatoms. The Balaban J connectivity index is 1.54. The predicted octanol–water partition coefficient (Wildman–Crippen LogP) is 4.41. The lowest BCUT2D eigenvalue weighted by Crippen LogP contribution is -2.21. The van der Waals surface area contributed by atoms with E-state index in [0.29, 0.717) is 26.8 Å². The topological polar surface area (TPSA) is 129 Å². The second-order valence-corrected chi connectivity index (χ2v) is 8.40. The molecule has 0 aliphatic rings. The molecule has 0 unspecified atom stereocenters. The fraction of sp³-hybridized carbons (Fsp3) is 0.0833. The van der Waals surface area contributed by atoms with E-state index in [1.807, 2.05) is 0 Å². The van der Waals surface area contributed by atoms with Crippen LogP contribution in [0.15, 0.2) is 75.0 Å². The number of halogens is 2. The summed E-state index contributed by atoms with van der Waals surface area (Å²) in [6, 6.07) is 14.7. The number of amides is 1. The third-order valence-electron chi connectivity index (χ3n) is 4.98. The molecule has 0 bridgehead atoms. The van der Waals surface area contributed by atoms with Crippen molar-refractivity contribution >= 4 is 50.3 Å². The highest BCUT2D eigenvalue weighted by Crippen LogP contribution is 2.27. The summed E-state index contributed by atoms with van der Waals surface area (Å²) in [6.07, 6.45) is 1.28. The maximum atomic E-state index is 13.7. The van der Waals surface area contributed by atoms with Crippen LogP contribution >= 0.6 is 15.9 Å². The third kappa shape index (κ3) is 5.44. The van der Waals surface area contributed by atoms with Crippen LogP contribution in [-0.2, 0) is 4.79 Å². The Kier molecular flexibility index (Phi) is 7.15. The first-order valence-electron chi connectivity index (χ1n) is 10.4. The van der Waals surface area contributed by atoms with Crippen LogP contribution in [-0.4, -0.2) is 33.3 Å². The molecule has 1 N–H and O–H groups in total. The molecular formula is C24H17BrFN5O5. The minimum atomic E-state index is -0.690. The van der Waals surface area contributed by atoms with Crippen LogP contribution in [0.25, 0.3) is 10.9 Å². The Morgan fingerprint density at radius 3 is 2.78 bits per heavy atom. The highest BCUT2D eigenvalue weighted by Gasteiger charge is 2.17. The van der Waals surface area contributed by atoms with E-state index in [9.17, 15) is 24.1 Å². The largest absolute Gasteiger partial charge is 0.477 e. The number of para-hydroxylation sites is 1. The van der Waals surface area contributed by atoms with E-state index in [0.717, 1.165) is 4.68 Å². The van der Waals surface area contributed by atoms with Crippen LogP contribution in [0.1, 0.15) is 11.4 Å². The number of nitro benzene ring substituents is 1. The lowest BCUT2D eigenvalue weighted by molar-refractivity contribution is -0.385. The van der Waals surface area contributed by atoms with Crippen molar-refractivity contribution < 1.29 is 18.8 Å². The Labute approximate surface area is 211 Å². The molecule has 0 fully saturated rings. The number of nitrogens with zero attached hydrogens (tertiary/aromatic N) is 4. The molecule has 3 aromatic carbocycles. The Hall–Kier alpha value is -4.45. The summed E-state index contributed by atoms with van der Waals surface area (Å²) < 4.78 is 20.8. The highest BCUT2D eigenvalue weighted by molar-refractivity contribution is 9.10. The van der Waals surface area contributed by atoms with Gasteiger partial charge in [-0.25, -0.2) is 9.37 Å². The number of rotatable bonds is 7. The molecule has 182 valence electrons. The smallest absolute Gasteiger partial charge is 0.311 e. The zero-order valence-electron chi connectivity index (χ0n) is 18.6. The van der Waals surface area contributed by atoms with Crippen LogP contribution in [0, 0.1) is 22.9 Å². The molecule has 0 atom stereocenters. The van der Waals surface area contributed by atoms with Crippen molar-refractivity contribution in [3.8, 4) is 5.75 Å². The number of nitrogens with one attached hydrogen (secondary N) is 1. The molecule has 0 aliphatic heterocycles. The first-order valence-corrected chi connectivity index (χ1v) is 11.2. The fourth-order valence-electron chi connectivity index (χ4n) is 3.29. The van der Waals surface area contributed by atoms with Crippen molar-refractivity contribution in [1.29, 1.82) is 0 Å². The third-order valence-corrected chi connectivity index (χ3v) is 5.47. The van der Waals surface area contributed by atoms with Crippen molar-refractivity contribution in [3.05, 3.63) is 103 Å². The fourth-order valence-corrected chi connectivity index (χ4v) is 3.65. The van der Waals surface area contributed by atoms with Gasteiger partial charge in [0.05, 0.1) is 27.7 Å². The van der Waals surface area contributed by atoms with E-state index in [1.54, 1.807) is 31.2 Å². The summed E-state index contributed by atoms with van der Waals surface area (Å²) in [7, 11) is 0. The van der Waals surface area contributed by atoms with Crippen LogP contribution in [0.2, 0.25) is 0 Å². The number of carbonyl (C=O) groups excluding carboxylic acids is 1. The van der Waals surface area contributed by atoms with Gasteiger partial charge in [-0.2, -0.15) is 9.78 Å². The number of anilines is 1. The molecule has 4 rings (SSSR count). The Morgan fingerprint density at radius 1 is 1.25 bits per heavy atom. The van der Waals surface area contributed by atoms with Crippen molar-refractivity contribution in [2.45, 2.75) is 6.92 Å². The van der Waals surface area contributed by atoms with Gasteiger partial charge >= 0.3 is 5.69 Å². The monoisotopic (exact) mass is 553 g/mol. The van der Waals surface area contributed by atoms with Crippen LogP contribution in [0.4, 0.5) is 15.8 Å². The average Bonchev–Trinajstić information content (AvgIpc) is 2.85. The van der Waals surface area contributed by atoms with Gasteiger partial charge in [-0.05, 0) is 49.4 Å². The molecule has 1 heterocycles. The molecule has 4 aromatic rings. The quantitative estimate of drug-likeness (QED) is 0.205. The zero-order valence-corrected chi connectivity index (χ0v) is 20.2. The minimum absolute atomic E-state index is 0.0340. The van der Waals surface area contributed by atoms with Gasteiger partial charge in [-0.1, -0.05) is 28.1 Å². The van der Waals surface area contributed by atoms with Crippen LogP contribution in [0.3, 0.4) is 0 Å². The van der Waals surface area contributed by atoms with Gasteiger partial charge in [-0.3, -0.25) is 19.7 Å². The number of aryl methyl sites for hydroxylation is 1. The molecule has 1 amide bonds. The van der Waals surface area contributed by atoms with E-state index in [4.69, 9.17) is 4.74 Å². The van der Waals surface area contributed by atoms with Crippen molar-refractivity contribution in [2.24, 2.45) is 5.10 Å². The Morgan fingerprint density at radius 2 is 2.03 bits per heavy atom. The lowest BCUT2D eigenvalue weighted by Gasteiger charge is -2.09. The van der Waals surface area contributed by atoms with Gasteiger partial charge in [0.25, 0.3) is 11.5 Å². The van der Waals surface area contributed by atoms with Gasteiger partial charge in [0, 0.05) is 16.1 Å². The predicted molar refractivity (Wildman–Crippen MR) is 135 cm³/mol. The number of nitro groups is 1. The summed E-state index contributed by atoms with van der Waals surface area (Å²) in [5.41, 5.74) is -0.0188. The number of hydrogen-bond donors (Lipinski definition) is 1. The van der Waals surface area contributed by atoms with Crippen LogP contribution in [0.5, 0.6) is 5.75 Å². The summed E-state index contributed by atoms with van der Waals surface area (Å²) >= 11 is 3.32. The van der Waals surface area contributed by atoms with Crippen molar-refractivity contribution in [3.63, 3.8) is 0 Å². The van der Waals surface area contributed by atoms with Crippen molar-refractivity contribution in [1.82, 2.24) is 9.66 Å². The average molecular weight is 554 g/mol. The zero-order chi connectivity index (χ0) is 25.8. The number of fused-ring (bicyclic) bond motifs is 1. The summed E-state index contributed by atoms with van der Waals surface area (Å²) in [5.74, 6) is -1.14. The minimum Gasteiger partial charge on any atom is -0.477 e. The van der Waals surface area contributed by atoms with Gasteiger partial charge in [-0.15, -0.1) is 0 Å². The normalized spacial score (nSPS) is 11.1. The molecule has 0 aliphatic carbocycles. The first-order chi connectivity index (χ1) is 17.2. The SMILES string of the molecule is Cc1nc2ccc(Br)cc2c(=O)n1N=Cc1ccc(OCC(=O)Nc2ccccc2F)c([N+](=O)[O-])c1. The van der Waals surface area contributed by atoms with E-state index >= 15 is 0 Å². The van der Waals surface area contributed by atoms with Crippen molar-refractivity contribution in [2.75, 3.05) is 11.9 Å².